The molecule has 0 aliphatic heterocycles. The van der Waals surface area contributed by atoms with Crippen LogP contribution in [-0.2, 0) is 20.6 Å². The molecule has 30 heavy (non-hydrogen) atoms. The molecule has 0 fully saturated rings. The van der Waals surface area contributed by atoms with Gasteiger partial charge in [0, 0.05) is 24.7 Å². The van der Waals surface area contributed by atoms with E-state index in [1.165, 1.54) is 19.2 Å². The molecule has 0 aliphatic carbocycles. The second-order valence-electron chi connectivity index (χ2n) is 7.20. The van der Waals surface area contributed by atoms with Crippen molar-refractivity contribution in [3.63, 3.8) is 0 Å². The van der Waals surface area contributed by atoms with E-state index in [-0.39, 0.29) is 23.8 Å². The van der Waals surface area contributed by atoms with Crippen molar-refractivity contribution in [2.75, 3.05) is 19.4 Å². The fourth-order valence-electron chi connectivity index (χ4n) is 2.89. The molecule has 0 amide bonds. The molecule has 0 aliphatic rings. The summed E-state index contributed by atoms with van der Waals surface area (Å²) >= 11 is 1.56. The Balaban J connectivity index is 2.18. The summed E-state index contributed by atoms with van der Waals surface area (Å²) in [4.78, 5) is 16.1. The highest BCUT2D eigenvalue weighted by Gasteiger charge is 2.36. The first kappa shape index (κ1) is 24.2. The Kier molecular flexibility index (Phi) is 9.13. The Morgan fingerprint density at radius 2 is 1.93 bits per heavy atom. The molecule has 1 aromatic heterocycles. The number of aromatic nitrogens is 1. The fraction of sp³-hybridized carbons (Fsp3) is 0.429. The molecule has 0 spiro atoms. The van der Waals surface area contributed by atoms with Gasteiger partial charge in [0.25, 0.3) is 0 Å². The molecule has 0 saturated heterocycles. The lowest BCUT2D eigenvalue weighted by Gasteiger charge is -2.29. The number of carboxylic acids is 1. The molecule has 9 heteroatoms. The van der Waals surface area contributed by atoms with Gasteiger partial charge in [-0.1, -0.05) is 19.9 Å². The van der Waals surface area contributed by atoms with Crippen LogP contribution in [0.15, 0.2) is 53.7 Å². The lowest BCUT2D eigenvalue weighted by atomic mass is 10.2. The predicted molar refractivity (Wildman–Crippen MR) is 118 cm³/mol. The molecule has 1 atom stereocenters. The average Bonchev–Trinajstić information content (AvgIpc) is 2.72. The second-order valence-corrected chi connectivity index (χ2v) is 10.2. The van der Waals surface area contributed by atoms with Gasteiger partial charge in [-0.3, -0.25) is 9.78 Å². The molecular weight excluding hydrogens is 424 g/mol. The van der Waals surface area contributed by atoms with Gasteiger partial charge >= 0.3 is 5.97 Å². The first-order chi connectivity index (χ1) is 14.3. The molecule has 0 bridgehead atoms. The number of carbonyl (C=O) groups is 1. The minimum atomic E-state index is -3.98. The van der Waals surface area contributed by atoms with Gasteiger partial charge in [0.15, 0.2) is 0 Å². The Morgan fingerprint density at radius 3 is 2.47 bits per heavy atom. The highest BCUT2D eigenvalue weighted by Crippen LogP contribution is 2.25. The quantitative estimate of drug-likeness (QED) is 0.492. The molecular formula is C21H28N2O5S2. The second kappa shape index (κ2) is 11.3. The number of methoxy groups -OCH3 is 1. The SMILES string of the molecule is COc1ccc(S(=O)(=O)N(CC(C)C)C(CCSCc2cccnc2)C(=O)O)cc1. The van der Waals surface area contributed by atoms with Crippen molar-refractivity contribution in [1.29, 1.82) is 0 Å². The van der Waals surface area contributed by atoms with E-state index >= 15 is 0 Å². The first-order valence-corrected chi connectivity index (χ1v) is 12.2. The number of pyridine rings is 1. The maximum absolute atomic E-state index is 13.3. The van der Waals surface area contributed by atoms with Crippen LogP contribution >= 0.6 is 11.8 Å². The number of sulfonamides is 1. The predicted octanol–water partition coefficient (Wildman–Crippen LogP) is 3.51. The van der Waals surface area contributed by atoms with E-state index in [4.69, 9.17) is 4.74 Å². The molecule has 2 aromatic rings. The molecule has 2 rings (SSSR count). The van der Waals surface area contributed by atoms with Crippen LogP contribution < -0.4 is 4.74 Å². The van der Waals surface area contributed by atoms with Crippen molar-refractivity contribution in [1.82, 2.24) is 9.29 Å². The molecule has 1 unspecified atom stereocenters. The van der Waals surface area contributed by atoms with Crippen LogP contribution in [0, 0.1) is 5.92 Å². The maximum Gasteiger partial charge on any atom is 0.322 e. The smallest absolute Gasteiger partial charge is 0.322 e. The number of benzene rings is 1. The van der Waals surface area contributed by atoms with Gasteiger partial charge < -0.3 is 9.84 Å². The number of nitrogens with zero attached hydrogens (tertiary/aromatic N) is 2. The monoisotopic (exact) mass is 452 g/mol. The topological polar surface area (TPSA) is 96.8 Å². The van der Waals surface area contributed by atoms with E-state index in [2.05, 4.69) is 4.98 Å². The zero-order chi connectivity index (χ0) is 22.1. The number of thioether (sulfide) groups is 1. The fourth-order valence-corrected chi connectivity index (χ4v) is 5.61. The normalized spacial score (nSPS) is 12.8. The zero-order valence-electron chi connectivity index (χ0n) is 17.4. The molecule has 7 nitrogen and oxygen atoms in total. The zero-order valence-corrected chi connectivity index (χ0v) is 19.0. The average molecular weight is 453 g/mol. The van der Waals surface area contributed by atoms with Crippen molar-refractivity contribution in [2.45, 2.75) is 37.0 Å². The minimum absolute atomic E-state index is 0.0251. The summed E-state index contributed by atoms with van der Waals surface area (Å²) in [7, 11) is -2.48. The number of hydrogen-bond donors (Lipinski definition) is 1. The number of rotatable bonds is 12. The van der Waals surface area contributed by atoms with Crippen LogP contribution in [0.1, 0.15) is 25.8 Å². The van der Waals surface area contributed by atoms with E-state index in [0.717, 1.165) is 9.87 Å². The summed E-state index contributed by atoms with van der Waals surface area (Å²) in [5.41, 5.74) is 1.04. The molecule has 1 N–H and O–H groups in total. The highest BCUT2D eigenvalue weighted by molar-refractivity contribution is 7.98. The lowest BCUT2D eigenvalue weighted by Crippen LogP contribution is -2.47. The van der Waals surface area contributed by atoms with Crippen molar-refractivity contribution in [2.24, 2.45) is 5.92 Å². The molecule has 1 heterocycles. The van der Waals surface area contributed by atoms with Crippen LogP contribution in [0.3, 0.4) is 0 Å². The third kappa shape index (κ3) is 6.72. The van der Waals surface area contributed by atoms with Gasteiger partial charge in [0.1, 0.15) is 11.8 Å². The molecule has 0 radical (unpaired) electrons. The van der Waals surface area contributed by atoms with Crippen molar-refractivity contribution < 1.29 is 23.1 Å². The van der Waals surface area contributed by atoms with Gasteiger partial charge in [-0.05, 0) is 54.0 Å². The van der Waals surface area contributed by atoms with Crippen LogP contribution in [-0.4, -0.2) is 54.2 Å². The van der Waals surface area contributed by atoms with Gasteiger partial charge in [0.05, 0.1) is 12.0 Å². The van der Waals surface area contributed by atoms with Gasteiger partial charge in [0.2, 0.25) is 10.0 Å². The van der Waals surface area contributed by atoms with E-state index in [1.807, 2.05) is 26.0 Å². The van der Waals surface area contributed by atoms with E-state index in [0.29, 0.717) is 17.3 Å². The Hall–Kier alpha value is -2.10. The van der Waals surface area contributed by atoms with Crippen LogP contribution in [0.4, 0.5) is 0 Å². The Labute approximate surface area is 182 Å². The number of aliphatic carboxylic acids is 1. The van der Waals surface area contributed by atoms with E-state index < -0.39 is 22.0 Å². The summed E-state index contributed by atoms with van der Waals surface area (Å²) in [6, 6.07) is 8.66. The summed E-state index contributed by atoms with van der Waals surface area (Å²) in [5, 5.41) is 9.82. The van der Waals surface area contributed by atoms with E-state index in [1.54, 1.807) is 36.3 Å². The number of carboxylic acid groups (broad SMARTS) is 1. The Bertz CT molecular complexity index is 903. The Morgan fingerprint density at radius 1 is 1.23 bits per heavy atom. The minimum Gasteiger partial charge on any atom is -0.497 e. The van der Waals surface area contributed by atoms with Crippen LogP contribution in [0.2, 0.25) is 0 Å². The molecule has 1 aromatic carbocycles. The molecule has 0 saturated carbocycles. The first-order valence-electron chi connectivity index (χ1n) is 9.61. The lowest BCUT2D eigenvalue weighted by molar-refractivity contribution is -0.141. The summed E-state index contributed by atoms with van der Waals surface area (Å²) in [6.45, 7) is 3.86. The van der Waals surface area contributed by atoms with Crippen LogP contribution in [0.5, 0.6) is 5.75 Å². The van der Waals surface area contributed by atoms with Gasteiger partial charge in [-0.15, -0.1) is 0 Å². The van der Waals surface area contributed by atoms with Crippen LogP contribution in [0.25, 0.3) is 0 Å². The standard InChI is InChI=1S/C21H28N2O5S2/c1-16(2)14-23(30(26,27)19-8-6-18(28-3)7-9-19)20(21(24)25)10-12-29-15-17-5-4-11-22-13-17/h4-9,11,13,16,20H,10,12,14-15H2,1-3H3,(H,24,25). The maximum atomic E-state index is 13.3. The van der Waals surface area contributed by atoms with Gasteiger partial charge in [-0.25, -0.2) is 8.42 Å². The third-order valence-corrected chi connectivity index (χ3v) is 7.32. The van der Waals surface area contributed by atoms with Gasteiger partial charge in [-0.2, -0.15) is 16.1 Å². The third-order valence-electron chi connectivity index (χ3n) is 4.37. The number of ether oxygens (including phenoxy) is 1. The van der Waals surface area contributed by atoms with Crippen molar-refractivity contribution >= 4 is 27.8 Å². The summed E-state index contributed by atoms with van der Waals surface area (Å²) in [6.07, 6.45) is 3.67. The summed E-state index contributed by atoms with van der Waals surface area (Å²) < 4.78 is 32.8. The summed E-state index contributed by atoms with van der Waals surface area (Å²) in [5.74, 6) is 0.567. The molecule has 164 valence electrons. The van der Waals surface area contributed by atoms with Crippen molar-refractivity contribution in [3.8, 4) is 5.75 Å². The van der Waals surface area contributed by atoms with Crippen molar-refractivity contribution in [3.05, 3.63) is 54.4 Å². The highest BCUT2D eigenvalue weighted by atomic mass is 32.2. The van der Waals surface area contributed by atoms with E-state index in [9.17, 15) is 18.3 Å². The largest absolute Gasteiger partial charge is 0.497 e. The number of hydrogen-bond acceptors (Lipinski definition) is 6.